The monoisotopic (exact) mass is 423 g/mol. The van der Waals surface area contributed by atoms with E-state index in [2.05, 4.69) is 31.1 Å². The Hall–Kier alpha value is -2.47. The van der Waals surface area contributed by atoms with Crippen molar-refractivity contribution in [2.45, 2.75) is 53.0 Å². The van der Waals surface area contributed by atoms with Crippen molar-refractivity contribution < 1.29 is 4.79 Å². The second-order valence-corrected chi connectivity index (χ2v) is 10.3. The van der Waals surface area contributed by atoms with Crippen LogP contribution in [0.15, 0.2) is 41.5 Å². The predicted molar refractivity (Wildman–Crippen MR) is 122 cm³/mol. The minimum Gasteiger partial charge on any atom is -0.354 e. The molecule has 0 fully saturated rings. The molecule has 0 aliphatic heterocycles. The molecular formula is C24H29N3O2S. The topological polar surface area (TPSA) is 64.0 Å². The molecule has 2 heterocycles. The molecule has 1 aliphatic carbocycles. The number of rotatable bonds is 5. The maximum absolute atomic E-state index is 13.1. The highest BCUT2D eigenvalue weighted by Crippen LogP contribution is 2.41. The van der Waals surface area contributed by atoms with Gasteiger partial charge in [-0.25, -0.2) is 4.98 Å². The van der Waals surface area contributed by atoms with Gasteiger partial charge in [0.1, 0.15) is 11.4 Å². The van der Waals surface area contributed by atoms with Crippen molar-refractivity contribution in [3.63, 3.8) is 0 Å². The molecule has 0 unspecified atom stereocenters. The molecule has 1 N–H and O–H groups in total. The van der Waals surface area contributed by atoms with E-state index in [1.165, 1.54) is 21.3 Å². The fourth-order valence-corrected chi connectivity index (χ4v) is 5.51. The lowest BCUT2D eigenvalue weighted by Gasteiger charge is -2.33. The van der Waals surface area contributed by atoms with Crippen molar-refractivity contribution in [1.29, 1.82) is 0 Å². The summed E-state index contributed by atoms with van der Waals surface area (Å²) >= 11 is 1.65. The number of fused-ring (bicyclic) bond motifs is 3. The number of thiophene rings is 1. The summed E-state index contributed by atoms with van der Waals surface area (Å²) in [6, 6.07) is 10.0. The molecule has 3 aromatic rings. The molecule has 0 bridgehead atoms. The number of aromatic nitrogens is 2. The Morgan fingerprint density at radius 3 is 2.77 bits per heavy atom. The second kappa shape index (κ2) is 8.34. The number of carbonyl (C=O) groups is 1. The Bertz CT molecular complexity index is 1110. The Morgan fingerprint density at radius 1 is 1.27 bits per heavy atom. The molecule has 1 aromatic carbocycles. The van der Waals surface area contributed by atoms with Crippen molar-refractivity contribution in [3.8, 4) is 0 Å². The van der Waals surface area contributed by atoms with Crippen LogP contribution in [0.1, 0.15) is 43.2 Å². The van der Waals surface area contributed by atoms with E-state index in [0.717, 1.165) is 41.5 Å². The molecule has 30 heavy (non-hydrogen) atoms. The molecular weight excluding hydrogens is 394 g/mol. The van der Waals surface area contributed by atoms with Gasteiger partial charge in [0.2, 0.25) is 5.91 Å². The third-order valence-electron chi connectivity index (χ3n) is 6.15. The normalized spacial score (nSPS) is 16.4. The van der Waals surface area contributed by atoms with Crippen LogP contribution in [0.2, 0.25) is 0 Å². The largest absolute Gasteiger partial charge is 0.354 e. The van der Waals surface area contributed by atoms with Crippen molar-refractivity contribution in [2.75, 3.05) is 6.54 Å². The molecule has 1 atom stereocenters. The van der Waals surface area contributed by atoms with E-state index in [9.17, 15) is 9.59 Å². The number of benzene rings is 1. The summed E-state index contributed by atoms with van der Waals surface area (Å²) in [6.07, 6.45) is 5.31. The van der Waals surface area contributed by atoms with Crippen molar-refractivity contribution >= 4 is 27.5 Å². The molecule has 4 rings (SSSR count). The highest BCUT2D eigenvalue weighted by atomic mass is 32.1. The average Bonchev–Trinajstić information content (AvgIpc) is 3.09. The maximum atomic E-state index is 13.1. The van der Waals surface area contributed by atoms with Gasteiger partial charge < -0.3 is 5.32 Å². The van der Waals surface area contributed by atoms with Crippen LogP contribution in [0, 0.1) is 11.3 Å². The van der Waals surface area contributed by atoms with Gasteiger partial charge in [0.05, 0.1) is 11.7 Å². The van der Waals surface area contributed by atoms with Gasteiger partial charge in [-0.2, -0.15) is 0 Å². The van der Waals surface area contributed by atoms with Gasteiger partial charge in [-0.3, -0.25) is 14.2 Å². The number of aryl methyl sites for hydroxylation is 1. The zero-order valence-electron chi connectivity index (χ0n) is 17.9. The first-order valence-electron chi connectivity index (χ1n) is 10.6. The fraction of sp³-hybridized carbons (Fsp3) is 0.458. The predicted octanol–water partition coefficient (Wildman–Crippen LogP) is 3.97. The first-order chi connectivity index (χ1) is 14.3. The highest BCUT2D eigenvalue weighted by molar-refractivity contribution is 7.18. The number of nitrogens with zero attached hydrogens (tertiary/aromatic N) is 2. The fourth-order valence-electron chi connectivity index (χ4n) is 4.25. The van der Waals surface area contributed by atoms with E-state index in [4.69, 9.17) is 0 Å². The SMILES string of the molecule is CC(C)(C)[C@@H]1CCc2c(sc3ncn(CC(=O)NCCc4ccccc4)c(=O)c23)C1. The molecule has 2 aromatic heterocycles. The smallest absolute Gasteiger partial charge is 0.262 e. The third-order valence-corrected chi connectivity index (χ3v) is 7.32. The maximum Gasteiger partial charge on any atom is 0.262 e. The van der Waals surface area contributed by atoms with E-state index >= 15 is 0 Å². The van der Waals surface area contributed by atoms with Gasteiger partial charge in [0.25, 0.3) is 5.56 Å². The van der Waals surface area contributed by atoms with Gasteiger partial charge in [-0.1, -0.05) is 51.1 Å². The summed E-state index contributed by atoms with van der Waals surface area (Å²) in [4.78, 5) is 32.1. The molecule has 6 heteroatoms. The van der Waals surface area contributed by atoms with Crippen LogP contribution in [0.3, 0.4) is 0 Å². The Kier molecular flexibility index (Phi) is 5.78. The van der Waals surface area contributed by atoms with E-state index in [-0.39, 0.29) is 23.4 Å². The lowest BCUT2D eigenvalue weighted by atomic mass is 9.72. The van der Waals surface area contributed by atoms with Crippen LogP contribution in [0.25, 0.3) is 10.2 Å². The highest BCUT2D eigenvalue weighted by Gasteiger charge is 2.31. The Morgan fingerprint density at radius 2 is 2.03 bits per heavy atom. The quantitative estimate of drug-likeness (QED) is 0.675. The van der Waals surface area contributed by atoms with Gasteiger partial charge in [0, 0.05) is 11.4 Å². The Balaban J connectivity index is 1.47. The third kappa shape index (κ3) is 4.33. The van der Waals surface area contributed by atoms with Crippen LogP contribution >= 0.6 is 11.3 Å². The van der Waals surface area contributed by atoms with Crippen LogP contribution in [-0.2, 0) is 30.6 Å². The number of hydrogen-bond donors (Lipinski definition) is 1. The van der Waals surface area contributed by atoms with Crippen LogP contribution in [-0.4, -0.2) is 22.0 Å². The average molecular weight is 424 g/mol. The minimum atomic E-state index is -0.161. The van der Waals surface area contributed by atoms with Gasteiger partial charge in [0.15, 0.2) is 0 Å². The van der Waals surface area contributed by atoms with E-state index in [0.29, 0.717) is 12.5 Å². The molecule has 158 valence electrons. The van der Waals surface area contributed by atoms with Crippen molar-refractivity contribution in [2.24, 2.45) is 11.3 Å². The zero-order chi connectivity index (χ0) is 21.3. The van der Waals surface area contributed by atoms with Gasteiger partial charge >= 0.3 is 0 Å². The first-order valence-corrected chi connectivity index (χ1v) is 11.4. The van der Waals surface area contributed by atoms with Gasteiger partial charge in [-0.05, 0) is 48.1 Å². The van der Waals surface area contributed by atoms with Gasteiger partial charge in [-0.15, -0.1) is 11.3 Å². The standard InChI is InChI=1S/C24H29N3O2S/c1-24(2,3)17-9-10-18-19(13-17)30-22-21(18)23(29)27(15-26-22)14-20(28)25-12-11-16-7-5-4-6-8-16/h4-8,15,17H,9-14H2,1-3H3,(H,25,28)/t17-/m1/s1. The van der Waals surface area contributed by atoms with E-state index in [1.54, 1.807) is 11.3 Å². The number of hydrogen-bond acceptors (Lipinski definition) is 4. The van der Waals surface area contributed by atoms with Crippen LogP contribution in [0.4, 0.5) is 0 Å². The van der Waals surface area contributed by atoms with E-state index in [1.807, 2.05) is 30.3 Å². The lowest BCUT2D eigenvalue weighted by molar-refractivity contribution is -0.121. The summed E-state index contributed by atoms with van der Waals surface area (Å²) in [6.45, 7) is 7.42. The van der Waals surface area contributed by atoms with E-state index < -0.39 is 0 Å². The molecule has 5 nitrogen and oxygen atoms in total. The zero-order valence-corrected chi connectivity index (χ0v) is 18.7. The summed E-state index contributed by atoms with van der Waals surface area (Å²) in [7, 11) is 0. The number of amides is 1. The number of carbonyl (C=O) groups excluding carboxylic acids is 1. The van der Waals surface area contributed by atoms with Crippen molar-refractivity contribution in [3.05, 3.63) is 63.0 Å². The number of nitrogens with one attached hydrogen (secondary N) is 1. The summed E-state index contributed by atoms with van der Waals surface area (Å²) in [5.41, 5.74) is 2.51. The van der Waals surface area contributed by atoms with Crippen LogP contribution in [0.5, 0.6) is 0 Å². The second-order valence-electron chi connectivity index (χ2n) is 9.25. The molecule has 0 saturated carbocycles. The summed E-state index contributed by atoms with van der Waals surface area (Å²) < 4.78 is 1.45. The molecule has 0 saturated heterocycles. The molecule has 1 aliphatic rings. The summed E-state index contributed by atoms with van der Waals surface area (Å²) in [5.74, 6) is 0.460. The van der Waals surface area contributed by atoms with Crippen molar-refractivity contribution in [1.82, 2.24) is 14.9 Å². The molecule has 0 radical (unpaired) electrons. The van der Waals surface area contributed by atoms with Crippen LogP contribution < -0.4 is 10.9 Å². The molecule has 0 spiro atoms. The summed E-state index contributed by atoms with van der Waals surface area (Å²) in [5, 5.41) is 3.63. The molecule has 1 amide bonds. The minimum absolute atomic E-state index is 0.00575. The first kappa shape index (κ1) is 20.8. The lowest BCUT2D eigenvalue weighted by Crippen LogP contribution is -2.33. The Labute approximate surface area is 181 Å².